The quantitative estimate of drug-likeness (QED) is 0.604. The molecule has 0 saturated carbocycles. The van der Waals surface area contributed by atoms with Gasteiger partial charge in [0.05, 0.1) is 19.2 Å². The predicted octanol–water partition coefficient (Wildman–Crippen LogP) is 2.75. The fraction of sp³-hybridized carbons (Fsp3) is 0.375. The molecule has 1 aromatic carbocycles. The van der Waals surface area contributed by atoms with Crippen LogP contribution in [-0.2, 0) is 9.47 Å². The molecule has 0 saturated heterocycles. The molecule has 0 atom stereocenters. The van der Waals surface area contributed by atoms with Crippen molar-refractivity contribution in [2.24, 2.45) is 0 Å². The van der Waals surface area contributed by atoms with Crippen molar-refractivity contribution in [2.75, 3.05) is 27.4 Å². The van der Waals surface area contributed by atoms with Crippen LogP contribution in [0, 0.1) is 6.92 Å². The van der Waals surface area contributed by atoms with Crippen molar-refractivity contribution in [3.05, 3.63) is 35.5 Å². The monoisotopic (exact) mass is 289 g/mol. The summed E-state index contributed by atoms with van der Waals surface area (Å²) in [6.45, 7) is 3.10. The smallest absolute Gasteiger partial charge is 0.356 e. The standard InChI is InChI=1S/C16H19NO4/c1-11-6-4-7-12-14(21-9-5-8-19-2)10-13(16(18)20-3)17-15(11)12/h4,6-7,10H,5,8-9H2,1-3H3. The number of para-hydroxylation sites is 1. The first-order valence-corrected chi connectivity index (χ1v) is 6.77. The van der Waals surface area contributed by atoms with Gasteiger partial charge in [0.2, 0.25) is 0 Å². The van der Waals surface area contributed by atoms with Gasteiger partial charge in [-0.25, -0.2) is 9.78 Å². The van der Waals surface area contributed by atoms with Crippen LogP contribution >= 0.6 is 0 Å². The van der Waals surface area contributed by atoms with E-state index >= 15 is 0 Å². The van der Waals surface area contributed by atoms with Gasteiger partial charge in [0.1, 0.15) is 5.75 Å². The number of nitrogens with zero attached hydrogens (tertiary/aromatic N) is 1. The second-order valence-electron chi connectivity index (χ2n) is 4.66. The van der Waals surface area contributed by atoms with Crippen LogP contribution in [0.3, 0.4) is 0 Å². The van der Waals surface area contributed by atoms with Crippen molar-refractivity contribution in [2.45, 2.75) is 13.3 Å². The highest BCUT2D eigenvalue weighted by Crippen LogP contribution is 2.28. The molecule has 0 spiro atoms. The van der Waals surface area contributed by atoms with Gasteiger partial charge in [0, 0.05) is 31.6 Å². The first-order chi connectivity index (χ1) is 10.2. The highest BCUT2D eigenvalue weighted by atomic mass is 16.5. The zero-order chi connectivity index (χ0) is 15.2. The Hall–Kier alpha value is -2.14. The number of pyridine rings is 1. The zero-order valence-corrected chi connectivity index (χ0v) is 12.5. The van der Waals surface area contributed by atoms with E-state index in [2.05, 4.69) is 4.98 Å². The van der Waals surface area contributed by atoms with Crippen molar-refractivity contribution >= 4 is 16.9 Å². The second-order valence-corrected chi connectivity index (χ2v) is 4.66. The highest BCUT2D eigenvalue weighted by Gasteiger charge is 2.14. The van der Waals surface area contributed by atoms with Gasteiger partial charge in [-0.1, -0.05) is 12.1 Å². The molecular weight excluding hydrogens is 270 g/mol. The Bertz CT molecular complexity index is 639. The fourth-order valence-corrected chi connectivity index (χ4v) is 2.07. The molecule has 0 N–H and O–H groups in total. The number of fused-ring (bicyclic) bond motifs is 1. The third-order valence-corrected chi connectivity index (χ3v) is 3.15. The van der Waals surface area contributed by atoms with Gasteiger partial charge in [-0.2, -0.15) is 0 Å². The number of benzene rings is 1. The molecule has 0 unspecified atom stereocenters. The van der Waals surface area contributed by atoms with E-state index in [1.165, 1.54) is 7.11 Å². The summed E-state index contributed by atoms with van der Waals surface area (Å²) in [5.74, 6) is 0.169. The topological polar surface area (TPSA) is 57.7 Å². The molecule has 0 amide bonds. The fourth-order valence-electron chi connectivity index (χ4n) is 2.07. The average Bonchev–Trinajstić information content (AvgIpc) is 2.51. The molecule has 2 aromatic rings. The van der Waals surface area contributed by atoms with Crippen LogP contribution in [0.25, 0.3) is 10.9 Å². The predicted molar refractivity (Wildman–Crippen MR) is 79.8 cm³/mol. The Morgan fingerprint density at radius 1 is 1.24 bits per heavy atom. The summed E-state index contributed by atoms with van der Waals surface area (Å²) < 4.78 is 15.5. The lowest BCUT2D eigenvalue weighted by atomic mass is 10.1. The van der Waals surface area contributed by atoms with Crippen molar-refractivity contribution in [1.82, 2.24) is 4.98 Å². The van der Waals surface area contributed by atoms with Crippen molar-refractivity contribution in [3.63, 3.8) is 0 Å². The molecule has 1 heterocycles. The van der Waals surface area contributed by atoms with Crippen molar-refractivity contribution in [1.29, 1.82) is 0 Å². The summed E-state index contributed by atoms with van der Waals surface area (Å²) in [5.41, 5.74) is 1.99. The summed E-state index contributed by atoms with van der Waals surface area (Å²) in [5, 5.41) is 0.889. The van der Waals surface area contributed by atoms with E-state index in [-0.39, 0.29) is 5.69 Å². The van der Waals surface area contributed by atoms with Crippen molar-refractivity contribution < 1.29 is 19.0 Å². The number of carbonyl (C=O) groups excluding carboxylic acids is 1. The molecule has 0 radical (unpaired) electrons. The minimum absolute atomic E-state index is 0.251. The molecule has 2 rings (SSSR count). The number of methoxy groups -OCH3 is 2. The Morgan fingerprint density at radius 3 is 2.76 bits per heavy atom. The number of aromatic nitrogens is 1. The van der Waals surface area contributed by atoms with E-state index in [1.54, 1.807) is 13.2 Å². The summed E-state index contributed by atoms with van der Waals surface area (Å²) >= 11 is 0. The second kappa shape index (κ2) is 7.04. The summed E-state index contributed by atoms with van der Waals surface area (Å²) in [6.07, 6.45) is 0.777. The molecule has 5 nitrogen and oxygen atoms in total. The Kier molecular flexibility index (Phi) is 5.11. The Balaban J connectivity index is 2.40. The van der Waals surface area contributed by atoms with E-state index in [0.717, 1.165) is 22.9 Å². The normalized spacial score (nSPS) is 10.6. The minimum Gasteiger partial charge on any atom is -0.493 e. The van der Waals surface area contributed by atoms with Gasteiger partial charge in [0.25, 0.3) is 0 Å². The van der Waals surface area contributed by atoms with E-state index in [0.29, 0.717) is 19.0 Å². The van der Waals surface area contributed by atoms with E-state index in [1.807, 2.05) is 25.1 Å². The van der Waals surface area contributed by atoms with Gasteiger partial charge in [-0.3, -0.25) is 0 Å². The number of rotatable bonds is 6. The van der Waals surface area contributed by atoms with E-state index in [4.69, 9.17) is 14.2 Å². The van der Waals surface area contributed by atoms with Gasteiger partial charge < -0.3 is 14.2 Å². The van der Waals surface area contributed by atoms with Gasteiger partial charge in [-0.05, 0) is 18.6 Å². The molecule has 5 heteroatoms. The highest BCUT2D eigenvalue weighted by molar-refractivity contribution is 5.95. The summed E-state index contributed by atoms with van der Waals surface area (Å²) in [7, 11) is 2.99. The van der Waals surface area contributed by atoms with Crippen LogP contribution < -0.4 is 4.74 Å². The van der Waals surface area contributed by atoms with Crippen LogP contribution in [-0.4, -0.2) is 38.4 Å². The van der Waals surface area contributed by atoms with Crippen LogP contribution in [0.1, 0.15) is 22.5 Å². The molecule has 21 heavy (non-hydrogen) atoms. The number of hydrogen-bond donors (Lipinski definition) is 0. The average molecular weight is 289 g/mol. The molecular formula is C16H19NO4. The molecule has 0 aliphatic carbocycles. The molecule has 0 aliphatic heterocycles. The molecule has 1 aromatic heterocycles. The number of carbonyl (C=O) groups is 1. The van der Waals surface area contributed by atoms with Crippen molar-refractivity contribution in [3.8, 4) is 5.75 Å². The first-order valence-electron chi connectivity index (χ1n) is 6.77. The Labute approximate surface area is 123 Å². The molecule has 112 valence electrons. The minimum atomic E-state index is -0.470. The lowest BCUT2D eigenvalue weighted by Gasteiger charge is -2.11. The van der Waals surface area contributed by atoms with Crippen LogP contribution in [0.4, 0.5) is 0 Å². The number of ether oxygens (including phenoxy) is 3. The zero-order valence-electron chi connectivity index (χ0n) is 12.5. The van der Waals surface area contributed by atoms with Gasteiger partial charge in [0.15, 0.2) is 5.69 Å². The summed E-state index contributed by atoms with van der Waals surface area (Å²) in [6, 6.07) is 7.45. The van der Waals surface area contributed by atoms with E-state index < -0.39 is 5.97 Å². The lowest BCUT2D eigenvalue weighted by molar-refractivity contribution is 0.0594. The van der Waals surface area contributed by atoms with Crippen LogP contribution in [0.15, 0.2) is 24.3 Å². The van der Waals surface area contributed by atoms with Crippen LogP contribution in [0.2, 0.25) is 0 Å². The first kappa shape index (κ1) is 15.3. The third-order valence-electron chi connectivity index (χ3n) is 3.15. The molecule has 0 aliphatic rings. The number of esters is 1. The molecule has 0 bridgehead atoms. The maximum atomic E-state index is 11.7. The largest absolute Gasteiger partial charge is 0.493 e. The van der Waals surface area contributed by atoms with E-state index in [9.17, 15) is 4.79 Å². The van der Waals surface area contributed by atoms with Gasteiger partial charge in [-0.15, -0.1) is 0 Å². The number of hydrogen-bond acceptors (Lipinski definition) is 5. The maximum absolute atomic E-state index is 11.7. The Morgan fingerprint density at radius 2 is 2.05 bits per heavy atom. The molecule has 0 fully saturated rings. The number of aryl methyl sites for hydroxylation is 1. The lowest BCUT2D eigenvalue weighted by Crippen LogP contribution is -2.07. The summed E-state index contributed by atoms with van der Waals surface area (Å²) in [4.78, 5) is 16.1. The third kappa shape index (κ3) is 3.49. The van der Waals surface area contributed by atoms with Crippen LogP contribution in [0.5, 0.6) is 5.75 Å². The SMILES string of the molecule is COCCCOc1cc(C(=O)OC)nc2c(C)cccc12. The van der Waals surface area contributed by atoms with Gasteiger partial charge >= 0.3 is 5.97 Å². The maximum Gasteiger partial charge on any atom is 0.356 e.